The molecule has 0 saturated heterocycles. The van der Waals surface area contributed by atoms with Crippen LogP contribution in [0.15, 0.2) is 18.2 Å². The molecule has 0 unspecified atom stereocenters. The topological polar surface area (TPSA) is 78.4 Å². The van der Waals surface area contributed by atoms with E-state index in [1.807, 2.05) is 0 Å². The fraction of sp³-hybridized carbons (Fsp3) is 0.467. The minimum Gasteiger partial charge on any atom is -0.388 e. The van der Waals surface area contributed by atoms with Gasteiger partial charge in [0.25, 0.3) is 5.91 Å². The number of hydrogen-bond acceptors (Lipinski definition) is 3. The van der Waals surface area contributed by atoms with Gasteiger partial charge in [0.15, 0.2) is 0 Å². The van der Waals surface area contributed by atoms with Gasteiger partial charge >= 0.3 is 0 Å². The number of rotatable bonds is 5. The van der Waals surface area contributed by atoms with Gasteiger partial charge in [-0.2, -0.15) is 0 Å². The van der Waals surface area contributed by atoms with E-state index in [1.54, 1.807) is 0 Å². The van der Waals surface area contributed by atoms with Crippen LogP contribution >= 0.6 is 11.6 Å². The Bertz CT molecular complexity index is 554. The molecule has 3 N–H and O–H groups in total. The third-order valence-corrected chi connectivity index (χ3v) is 4.06. The van der Waals surface area contributed by atoms with E-state index in [2.05, 4.69) is 10.6 Å². The standard InChI is InChI=1S/C15H18ClFN2O3/c16-10-4-3-5-11(17)13(10)14(21)18-8-12(20)19-9-15(22)6-1-2-7-15/h3-5,22H,1-2,6-9H2,(H,18,21)(H,19,20). The molecule has 0 radical (unpaired) electrons. The third kappa shape index (κ3) is 4.18. The Hall–Kier alpha value is -1.66. The van der Waals surface area contributed by atoms with Gasteiger partial charge in [0.2, 0.25) is 5.91 Å². The van der Waals surface area contributed by atoms with Gasteiger partial charge < -0.3 is 15.7 Å². The van der Waals surface area contributed by atoms with Crippen molar-refractivity contribution in [2.24, 2.45) is 0 Å². The van der Waals surface area contributed by atoms with Crippen LogP contribution in [0, 0.1) is 5.82 Å². The van der Waals surface area contributed by atoms with Crippen LogP contribution in [0.2, 0.25) is 5.02 Å². The molecule has 22 heavy (non-hydrogen) atoms. The number of nitrogens with one attached hydrogen (secondary N) is 2. The van der Waals surface area contributed by atoms with E-state index >= 15 is 0 Å². The van der Waals surface area contributed by atoms with Gasteiger partial charge in [-0.15, -0.1) is 0 Å². The summed E-state index contributed by atoms with van der Waals surface area (Å²) in [4.78, 5) is 23.5. The summed E-state index contributed by atoms with van der Waals surface area (Å²) in [5.74, 6) is -1.94. The summed E-state index contributed by atoms with van der Waals surface area (Å²) in [6.45, 7) is -0.151. The summed E-state index contributed by atoms with van der Waals surface area (Å²) in [5, 5.41) is 15.0. The van der Waals surface area contributed by atoms with Crippen LogP contribution in [0.4, 0.5) is 4.39 Å². The second-order valence-corrected chi connectivity index (χ2v) is 5.89. The zero-order chi connectivity index (χ0) is 16.2. The van der Waals surface area contributed by atoms with E-state index in [9.17, 15) is 19.1 Å². The van der Waals surface area contributed by atoms with Crippen LogP contribution in [-0.4, -0.2) is 35.6 Å². The minimum absolute atomic E-state index is 0.0156. The van der Waals surface area contributed by atoms with Gasteiger partial charge in [-0.25, -0.2) is 4.39 Å². The summed E-state index contributed by atoms with van der Waals surface area (Å²) in [6.07, 6.45) is 3.19. The molecule has 0 atom stereocenters. The Morgan fingerprint density at radius 2 is 1.95 bits per heavy atom. The van der Waals surface area contributed by atoms with Crippen molar-refractivity contribution in [3.8, 4) is 0 Å². The van der Waals surface area contributed by atoms with E-state index in [0.29, 0.717) is 12.8 Å². The average Bonchev–Trinajstić information content (AvgIpc) is 2.90. The average molecular weight is 329 g/mol. The monoisotopic (exact) mass is 328 g/mol. The van der Waals surface area contributed by atoms with E-state index < -0.39 is 23.2 Å². The molecule has 1 aliphatic rings. The highest BCUT2D eigenvalue weighted by Crippen LogP contribution is 2.28. The molecule has 1 fully saturated rings. The lowest BCUT2D eigenvalue weighted by Crippen LogP contribution is -2.44. The molecule has 1 saturated carbocycles. The van der Waals surface area contributed by atoms with Crippen molar-refractivity contribution in [3.05, 3.63) is 34.6 Å². The molecule has 0 aliphatic heterocycles. The van der Waals surface area contributed by atoms with Crippen LogP contribution in [0.5, 0.6) is 0 Å². The molecule has 0 aromatic heterocycles. The molecule has 0 bridgehead atoms. The van der Waals surface area contributed by atoms with E-state index in [0.717, 1.165) is 18.9 Å². The first-order chi connectivity index (χ1) is 10.4. The van der Waals surface area contributed by atoms with Gasteiger partial charge in [-0.1, -0.05) is 30.5 Å². The highest BCUT2D eigenvalue weighted by molar-refractivity contribution is 6.33. The largest absolute Gasteiger partial charge is 0.388 e. The molecular weight excluding hydrogens is 311 g/mol. The van der Waals surface area contributed by atoms with Crippen molar-refractivity contribution in [2.45, 2.75) is 31.3 Å². The Labute approximate surface area is 132 Å². The number of halogens is 2. The van der Waals surface area contributed by atoms with E-state index in [1.165, 1.54) is 12.1 Å². The summed E-state index contributed by atoms with van der Waals surface area (Å²) in [5.41, 5.74) is -1.14. The van der Waals surface area contributed by atoms with Crippen LogP contribution in [0.1, 0.15) is 36.0 Å². The first kappa shape index (κ1) is 16.7. The van der Waals surface area contributed by atoms with Crippen LogP contribution in [-0.2, 0) is 4.79 Å². The van der Waals surface area contributed by atoms with Crippen molar-refractivity contribution in [2.75, 3.05) is 13.1 Å². The quantitative estimate of drug-likeness (QED) is 0.768. The highest BCUT2D eigenvalue weighted by atomic mass is 35.5. The Kier molecular flexibility index (Phi) is 5.37. The number of aliphatic hydroxyl groups is 1. The van der Waals surface area contributed by atoms with Crippen molar-refractivity contribution < 1.29 is 19.1 Å². The smallest absolute Gasteiger partial charge is 0.256 e. The molecule has 2 rings (SSSR count). The number of carbonyl (C=O) groups is 2. The van der Waals surface area contributed by atoms with E-state index in [4.69, 9.17) is 11.6 Å². The first-order valence-electron chi connectivity index (χ1n) is 7.13. The molecule has 1 aromatic carbocycles. The second kappa shape index (κ2) is 7.07. The van der Waals surface area contributed by atoms with Gasteiger partial charge in [0.1, 0.15) is 5.82 Å². The summed E-state index contributed by atoms with van der Waals surface area (Å²) >= 11 is 5.77. The van der Waals surface area contributed by atoms with Crippen molar-refractivity contribution in [1.82, 2.24) is 10.6 Å². The fourth-order valence-corrected chi connectivity index (χ4v) is 2.75. The van der Waals surface area contributed by atoms with Crippen molar-refractivity contribution in [3.63, 3.8) is 0 Å². The van der Waals surface area contributed by atoms with Gasteiger partial charge in [-0.3, -0.25) is 9.59 Å². The lowest BCUT2D eigenvalue weighted by Gasteiger charge is -2.22. The summed E-state index contributed by atoms with van der Waals surface area (Å²) in [7, 11) is 0. The number of carbonyl (C=O) groups excluding carboxylic acids is 2. The zero-order valence-corrected chi connectivity index (χ0v) is 12.8. The number of hydrogen-bond donors (Lipinski definition) is 3. The first-order valence-corrected chi connectivity index (χ1v) is 7.50. The predicted octanol–water partition coefficient (Wildman–Crippen LogP) is 1.63. The summed E-state index contributed by atoms with van der Waals surface area (Å²) < 4.78 is 13.5. The molecule has 1 aromatic rings. The number of amides is 2. The van der Waals surface area contributed by atoms with Crippen LogP contribution < -0.4 is 10.6 Å². The maximum absolute atomic E-state index is 13.5. The van der Waals surface area contributed by atoms with E-state index in [-0.39, 0.29) is 23.7 Å². The molecule has 0 heterocycles. The fourth-order valence-electron chi connectivity index (χ4n) is 2.50. The third-order valence-electron chi connectivity index (χ3n) is 3.75. The molecule has 2 amide bonds. The highest BCUT2D eigenvalue weighted by Gasteiger charge is 2.31. The molecule has 120 valence electrons. The maximum Gasteiger partial charge on any atom is 0.256 e. The lowest BCUT2D eigenvalue weighted by molar-refractivity contribution is -0.121. The lowest BCUT2D eigenvalue weighted by atomic mass is 10.0. The Balaban J connectivity index is 1.82. The minimum atomic E-state index is -0.853. The Morgan fingerprint density at radius 3 is 2.59 bits per heavy atom. The SMILES string of the molecule is O=C(CNC(=O)c1c(F)cccc1Cl)NCC1(O)CCCC1. The molecule has 0 spiro atoms. The van der Waals surface area contributed by atoms with Crippen LogP contribution in [0.3, 0.4) is 0 Å². The van der Waals surface area contributed by atoms with Crippen molar-refractivity contribution >= 4 is 23.4 Å². The van der Waals surface area contributed by atoms with Crippen LogP contribution in [0.25, 0.3) is 0 Å². The predicted molar refractivity (Wildman–Crippen MR) is 80.2 cm³/mol. The molecular formula is C15H18ClFN2O3. The Morgan fingerprint density at radius 1 is 1.27 bits per heavy atom. The van der Waals surface area contributed by atoms with Gasteiger partial charge in [-0.05, 0) is 25.0 Å². The normalized spacial score (nSPS) is 16.3. The molecule has 1 aliphatic carbocycles. The second-order valence-electron chi connectivity index (χ2n) is 5.49. The summed E-state index contributed by atoms with van der Waals surface area (Å²) in [6, 6.07) is 3.91. The van der Waals surface area contributed by atoms with Gasteiger partial charge in [0, 0.05) is 6.54 Å². The van der Waals surface area contributed by atoms with Gasteiger partial charge in [0.05, 0.1) is 22.7 Å². The molecule has 5 nitrogen and oxygen atoms in total. The zero-order valence-electron chi connectivity index (χ0n) is 12.0. The van der Waals surface area contributed by atoms with Crippen molar-refractivity contribution in [1.29, 1.82) is 0 Å². The number of benzene rings is 1. The maximum atomic E-state index is 13.5. The molecule has 7 heteroatoms.